The minimum absolute atomic E-state index is 0.0108. The predicted molar refractivity (Wildman–Crippen MR) is 92.0 cm³/mol. The number of rotatable bonds is 4. The van der Waals surface area contributed by atoms with Crippen LogP contribution >= 0.6 is 0 Å². The van der Waals surface area contributed by atoms with Gasteiger partial charge in [0.15, 0.2) is 6.61 Å². The number of aromatic nitrogens is 2. The second kappa shape index (κ2) is 7.23. The molecule has 7 nitrogen and oxygen atoms in total. The fourth-order valence-electron chi connectivity index (χ4n) is 3.19. The average molecular weight is 345 g/mol. The largest absolute Gasteiger partial charge is 0.454 e. The molecule has 1 saturated heterocycles. The molecule has 0 spiro atoms. The summed E-state index contributed by atoms with van der Waals surface area (Å²) in [6.45, 7) is 6.52. The van der Waals surface area contributed by atoms with E-state index in [0.29, 0.717) is 13.1 Å². The lowest BCUT2D eigenvalue weighted by molar-refractivity contribution is -0.157. The summed E-state index contributed by atoms with van der Waals surface area (Å²) in [5.41, 5.74) is 1.71. The zero-order valence-electron chi connectivity index (χ0n) is 14.8. The number of nitrogens with zero attached hydrogens (tertiary/aromatic N) is 3. The number of benzene rings is 1. The van der Waals surface area contributed by atoms with Gasteiger partial charge in [-0.1, -0.05) is 12.1 Å². The minimum atomic E-state index is -0.450. The number of aryl methyl sites for hydroxylation is 1. The monoisotopic (exact) mass is 345 g/mol. The highest BCUT2D eigenvalue weighted by molar-refractivity contribution is 5.82. The summed E-state index contributed by atoms with van der Waals surface area (Å²) in [5.74, 6) is 0.0943. The molecule has 0 aliphatic carbocycles. The Morgan fingerprint density at radius 1 is 1.24 bits per heavy atom. The van der Waals surface area contributed by atoms with Gasteiger partial charge in [-0.25, -0.2) is 4.98 Å². The number of fused-ring (bicyclic) bond motifs is 1. The second-order valence-corrected chi connectivity index (χ2v) is 6.45. The Morgan fingerprint density at radius 2 is 1.92 bits per heavy atom. The van der Waals surface area contributed by atoms with Gasteiger partial charge < -0.3 is 18.9 Å². The molecule has 2 aromatic rings. The van der Waals surface area contributed by atoms with Crippen molar-refractivity contribution < 1.29 is 19.1 Å². The maximum atomic E-state index is 12.2. The summed E-state index contributed by atoms with van der Waals surface area (Å²) in [5, 5.41) is 0. The molecule has 2 unspecified atom stereocenters. The van der Waals surface area contributed by atoms with E-state index in [4.69, 9.17) is 9.47 Å². The molecule has 1 aliphatic rings. The van der Waals surface area contributed by atoms with Crippen LogP contribution in [0.25, 0.3) is 11.0 Å². The molecule has 0 saturated carbocycles. The molecule has 0 radical (unpaired) electrons. The molecule has 25 heavy (non-hydrogen) atoms. The quantitative estimate of drug-likeness (QED) is 0.786. The van der Waals surface area contributed by atoms with Gasteiger partial charge in [-0.05, 0) is 32.9 Å². The van der Waals surface area contributed by atoms with Crippen LogP contribution in [-0.2, 0) is 25.6 Å². The van der Waals surface area contributed by atoms with Gasteiger partial charge in [-0.15, -0.1) is 0 Å². The molecule has 1 fully saturated rings. The molecule has 2 heterocycles. The number of para-hydroxylation sites is 2. The molecule has 0 bridgehead atoms. The lowest BCUT2D eigenvalue weighted by Crippen LogP contribution is -2.49. The van der Waals surface area contributed by atoms with Gasteiger partial charge >= 0.3 is 5.97 Å². The molecular weight excluding hydrogens is 322 g/mol. The summed E-state index contributed by atoms with van der Waals surface area (Å²) in [6.07, 6.45) is -0.0215. The number of hydrogen-bond donors (Lipinski definition) is 0. The van der Waals surface area contributed by atoms with Crippen LogP contribution in [0.3, 0.4) is 0 Å². The first-order valence-corrected chi connectivity index (χ1v) is 8.44. The molecule has 1 aromatic heterocycles. The third-order valence-electron chi connectivity index (χ3n) is 4.26. The maximum Gasteiger partial charge on any atom is 0.326 e. The normalized spacial score (nSPS) is 20.7. The average Bonchev–Trinajstić information content (AvgIpc) is 2.87. The Balaban J connectivity index is 1.57. The van der Waals surface area contributed by atoms with Crippen molar-refractivity contribution in [3.05, 3.63) is 30.1 Å². The number of carbonyl (C=O) groups is 2. The van der Waals surface area contributed by atoms with Gasteiger partial charge in [0.2, 0.25) is 0 Å². The van der Waals surface area contributed by atoms with Crippen molar-refractivity contribution in [3.8, 4) is 0 Å². The van der Waals surface area contributed by atoms with Gasteiger partial charge in [0, 0.05) is 13.1 Å². The predicted octanol–water partition coefficient (Wildman–Crippen LogP) is 1.52. The number of esters is 1. The molecule has 1 aliphatic heterocycles. The van der Waals surface area contributed by atoms with Crippen molar-refractivity contribution in [2.45, 2.75) is 39.5 Å². The van der Waals surface area contributed by atoms with Crippen molar-refractivity contribution in [2.24, 2.45) is 0 Å². The number of amides is 1. The van der Waals surface area contributed by atoms with E-state index in [9.17, 15) is 9.59 Å². The van der Waals surface area contributed by atoms with E-state index in [-0.39, 0.29) is 31.3 Å². The Bertz CT molecular complexity index is 776. The van der Waals surface area contributed by atoms with E-state index in [2.05, 4.69) is 4.98 Å². The summed E-state index contributed by atoms with van der Waals surface area (Å²) >= 11 is 0. The van der Waals surface area contributed by atoms with Crippen LogP contribution in [0.1, 0.15) is 19.7 Å². The first-order valence-electron chi connectivity index (χ1n) is 8.44. The number of morpholine rings is 1. The van der Waals surface area contributed by atoms with E-state index >= 15 is 0 Å². The van der Waals surface area contributed by atoms with E-state index in [1.165, 1.54) is 0 Å². The summed E-state index contributed by atoms with van der Waals surface area (Å²) < 4.78 is 12.6. The van der Waals surface area contributed by atoms with Gasteiger partial charge in [-0.3, -0.25) is 9.59 Å². The second-order valence-electron chi connectivity index (χ2n) is 6.45. The summed E-state index contributed by atoms with van der Waals surface area (Å²) in [4.78, 5) is 30.5. The van der Waals surface area contributed by atoms with Gasteiger partial charge in [0.25, 0.3) is 5.91 Å². The summed E-state index contributed by atoms with van der Waals surface area (Å²) in [7, 11) is 0. The third kappa shape index (κ3) is 3.99. The van der Waals surface area contributed by atoms with E-state index in [0.717, 1.165) is 16.9 Å². The maximum absolute atomic E-state index is 12.2. The van der Waals surface area contributed by atoms with Crippen molar-refractivity contribution >= 4 is 22.9 Å². The van der Waals surface area contributed by atoms with Crippen LogP contribution in [0.2, 0.25) is 0 Å². The zero-order chi connectivity index (χ0) is 18.0. The highest BCUT2D eigenvalue weighted by Gasteiger charge is 2.26. The van der Waals surface area contributed by atoms with E-state index in [1.54, 1.807) is 9.47 Å². The number of imidazole rings is 1. The van der Waals surface area contributed by atoms with Gasteiger partial charge in [0.1, 0.15) is 12.4 Å². The lowest BCUT2D eigenvalue weighted by atomic mass is 10.2. The number of hydrogen-bond acceptors (Lipinski definition) is 5. The standard InChI is InChI=1S/C18H23N3O4/c1-12-8-20(9-13(2)25-12)17(22)11-24-18(23)10-21-14(3)19-15-6-4-5-7-16(15)21/h4-7,12-13H,8-11H2,1-3H3. The van der Waals surface area contributed by atoms with Gasteiger partial charge in [-0.2, -0.15) is 0 Å². The van der Waals surface area contributed by atoms with Crippen LogP contribution in [0.5, 0.6) is 0 Å². The highest BCUT2D eigenvalue weighted by atomic mass is 16.5. The fourth-order valence-corrected chi connectivity index (χ4v) is 3.19. The van der Waals surface area contributed by atoms with E-state index < -0.39 is 5.97 Å². The molecule has 2 atom stereocenters. The molecule has 134 valence electrons. The van der Waals surface area contributed by atoms with Crippen LogP contribution in [0.15, 0.2) is 24.3 Å². The van der Waals surface area contributed by atoms with Crippen LogP contribution < -0.4 is 0 Å². The molecular formula is C18H23N3O4. The van der Waals surface area contributed by atoms with Crippen LogP contribution in [0, 0.1) is 6.92 Å². The Morgan fingerprint density at radius 3 is 2.64 bits per heavy atom. The minimum Gasteiger partial charge on any atom is -0.454 e. The van der Waals surface area contributed by atoms with Crippen LogP contribution in [-0.4, -0.2) is 58.2 Å². The molecule has 1 aromatic carbocycles. The first kappa shape index (κ1) is 17.4. The van der Waals surface area contributed by atoms with Crippen molar-refractivity contribution in [2.75, 3.05) is 19.7 Å². The third-order valence-corrected chi connectivity index (χ3v) is 4.26. The molecule has 1 amide bonds. The van der Waals surface area contributed by atoms with Crippen LogP contribution in [0.4, 0.5) is 0 Å². The SMILES string of the molecule is Cc1nc2ccccc2n1CC(=O)OCC(=O)N1CC(C)OC(C)C1. The summed E-state index contributed by atoms with van der Waals surface area (Å²) in [6, 6.07) is 7.61. The Labute approximate surface area is 146 Å². The van der Waals surface area contributed by atoms with E-state index in [1.807, 2.05) is 45.0 Å². The topological polar surface area (TPSA) is 73.7 Å². The van der Waals surface area contributed by atoms with Crippen molar-refractivity contribution in [1.82, 2.24) is 14.5 Å². The number of carbonyl (C=O) groups excluding carboxylic acids is 2. The Hall–Kier alpha value is -2.41. The van der Waals surface area contributed by atoms with Crippen molar-refractivity contribution in [1.29, 1.82) is 0 Å². The molecule has 3 rings (SSSR count). The fraction of sp³-hybridized carbons (Fsp3) is 0.500. The lowest BCUT2D eigenvalue weighted by Gasteiger charge is -2.35. The van der Waals surface area contributed by atoms with Gasteiger partial charge in [0.05, 0.1) is 23.2 Å². The molecule has 0 N–H and O–H groups in total. The Kier molecular flexibility index (Phi) is 5.03. The number of ether oxygens (including phenoxy) is 2. The highest BCUT2D eigenvalue weighted by Crippen LogP contribution is 2.15. The van der Waals surface area contributed by atoms with Crippen molar-refractivity contribution in [3.63, 3.8) is 0 Å². The first-order chi connectivity index (χ1) is 11.9. The zero-order valence-corrected chi connectivity index (χ0v) is 14.8. The molecule has 7 heteroatoms. The smallest absolute Gasteiger partial charge is 0.326 e.